The summed E-state index contributed by atoms with van der Waals surface area (Å²) in [6, 6.07) is 10.5. The Bertz CT molecular complexity index is 879. The van der Waals surface area contributed by atoms with Crippen molar-refractivity contribution in [1.29, 1.82) is 0 Å². The second kappa shape index (κ2) is 6.66. The highest BCUT2D eigenvalue weighted by Crippen LogP contribution is 2.39. The van der Waals surface area contributed by atoms with E-state index >= 15 is 0 Å². The summed E-state index contributed by atoms with van der Waals surface area (Å²) in [5.74, 6) is 1.09. The molecule has 0 unspecified atom stereocenters. The van der Waals surface area contributed by atoms with Gasteiger partial charge in [-0.3, -0.25) is 9.59 Å². The van der Waals surface area contributed by atoms with Gasteiger partial charge in [-0.2, -0.15) is 0 Å². The molecule has 0 saturated carbocycles. The third-order valence-corrected chi connectivity index (χ3v) is 5.92. The van der Waals surface area contributed by atoms with Gasteiger partial charge < -0.3 is 9.32 Å². The number of rotatable bonds is 3. The number of fused-ring (bicyclic) bond motifs is 1. The van der Waals surface area contributed by atoms with Crippen molar-refractivity contribution in [2.24, 2.45) is 5.41 Å². The first-order valence-corrected chi connectivity index (χ1v) is 9.86. The third kappa shape index (κ3) is 3.33. The van der Waals surface area contributed by atoms with Crippen molar-refractivity contribution in [1.82, 2.24) is 4.90 Å². The van der Waals surface area contributed by atoms with Crippen LogP contribution >= 0.6 is 0 Å². The van der Waals surface area contributed by atoms with Gasteiger partial charge in [0.05, 0.1) is 5.56 Å². The minimum Gasteiger partial charge on any atom is -0.455 e. The Balaban J connectivity index is 1.60. The lowest BCUT2D eigenvalue weighted by atomic mass is 9.76. The molecule has 4 heteroatoms. The molecule has 142 valence electrons. The first-order chi connectivity index (χ1) is 12.9. The van der Waals surface area contributed by atoms with Crippen LogP contribution in [0.1, 0.15) is 70.9 Å². The lowest BCUT2D eigenvalue weighted by Crippen LogP contribution is -2.37. The molecule has 4 rings (SSSR count). The Morgan fingerprint density at radius 3 is 2.70 bits per heavy atom. The van der Waals surface area contributed by atoms with Crippen LogP contribution in [0.4, 0.5) is 0 Å². The van der Waals surface area contributed by atoms with Gasteiger partial charge in [-0.05, 0) is 37.2 Å². The molecule has 1 atom stereocenters. The van der Waals surface area contributed by atoms with Crippen molar-refractivity contribution in [2.75, 3.05) is 6.54 Å². The van der Waals surface area contributed by atoms with Crippen LogP contribution in [0, 0.1) is 12.3 Å². The summed E-state index contributed by atoms with van der Waals surface area (Å²) in [5, 5.41) is 0. The summed E-state index contributed by atoms with van der Waals surface area (Å²) >= 11 is 0. The quantitative estimate of drug-likeness (QED) is 0.799. The highest BCUT2D eigenvalue weighted by molar-refractivity contribution is 6.03. The smallest absolute Gasteiger partial charge is 0.290 e. The lowest BCUT2D eigenvalue weighted by Gasteiger charge is -2.27. The summed E-state index contributed by atoms with van der Waals surface area (Å²) in [6.07, 6.45) is 4.09. The van der Waals surface area contributed by atoms with Gasteiger partial charge >= 0.3 is 0 Å². The van der Waals surface area contributed by atoms with Crippen LogP contribution in [0.5, 0.6) is 0 Å². The van der Waals surface area contributed by atoms with E-state index in [1.807, 2.05) is 30.0 Å². The van der Waals surface area contributed by atoms with Crippen LogP contribution in [0.25, 0.3) is 0 Å². The number of hydrogen-bond acceptors (Lipinski definition) is 3. The molecule has 2 aliphatic rings. The number of carbonyl (C=O) groups is 2. The zero-order valence-electron chi connectivity index (χ0n) is 16.4. The third-order valence-electron chi connectivity index (χ3n) is 5.92. The van der Waals surface area contributed by atoms with Gasteiger partial charge in [0.1, 0.15) is 5.76 Å². The first-order valence-electron chi connectivity index (χ1n) is 9.86. The predicted molar refractivity (Wildman–Crippen MR) is 104 cm³/mol. The van der Waals surface area contributed by atoms with E-state index in [2.05, 4.69) is 26.0 Å². The predicted octanol–water partition coefficient (Wildman–Crippen LogP) is 4.59. The van der Waals surface area contributed by atoms with E-state index in [1.165, 1.54) is 5.56 Å². The van der Waals surface area contributed by atoms with Gasteiger partial charge in [-0.15, -0.1) is 0 Å². The Labute approximate surface area is 160 Å². The van der Waals surface area contributed by atoms with Gasteiger partial charge in [-0.1, -0.05) is 44.2 Å². The molecule has 1 aromatic heterocycles. The summed E-state index contributed by atoms with van der Waals surface area (Å²) in [6.45, 7) is 6.75. The number of hydrogen-bond donors (Lipinski definition) is 0. The maximum absolute atomic E-state index is 13.3. The zero-order chi connectivity index (χ0) is 19.2. The van der Waals surface area contributed by atoms with Crippen molar-refractivity contribution < 1.29 is 14.0 Å². The topological polar surface area (TPSA) is 50.5 Å². The van der Waals surface area contributed by atoms with Crippen LogP contribution in [-0.4, -0.2) is 29.2 Å². The molecule has 1 aromatic carbocycles. The Kier molecular flexibility index (Phi) is 4.45. The summed E-state index contributed by atoms with van der Waals surface area (Å²) in [5.41, 5.74) is 2.50. The van der Waals surface area contributed by atoms with Crippen LogP contribution in [0.3, 0.4) is 0 Å². The molecule has 27 heavy (non-hydrogen) atoms. The Morgan fingerprint density at radius 2 is 1.96 bits per heavy atom. The normalized spacial score (nSPS) is 21.4. The van der Waals surface area contributed by atoms with Crippen molar-refractivity contribution >= 4 is 11.7 Å². The maximum Gasteiger partial charge on any atom is 0.290 e. The summed E-state index contributed by atoms with van der Waals surface area (Å²) in [4.78, 5) is 27.8. The molecule has 1 saturated heterocycles. The lowest BCUT2D eigenvalue weighted by molar-refractivity contribution is 0.0698. The van der Waals surface area contributed by atoms with E-state index in [0.29, 0.717) is 29.9 Å². The van der Waals surface area contributed by atoms with E-state index in [1.54, 1.807) is 0 Å². The highest BCUT2D eigenvalue weighted by atomic mass is 16.4. The van der Waals surface area contributed by atoms with Crippen molar-refractivity contribution in [3.63, 3.8) is 0 Å². The number of Topliss-reactive ketones (excluding diaryl/α,β-unsaturated/α-hetero) is 1. The van der Waals surface area contributed by atoms with E-state index in [-0.39, 0.29) is 23.1 Å². The average molecular weight is 365 g/mol. The van der Waals surface area contributed by atoms with Crippen molar-refractivity contribution in [3.05, 3.63) is 58.5 Å². The second-order valence-electron chi connectivity index (χ2n) is 8.78. The number of carbonyl (C=O) groups excluding carboxylic acids is 2. The molecular formula is C23H27NO3. The molecule has 2 aromatic rings. The van der Waals surface area contributed by atoms with Gasteiger partial charge in [-0.25, -0.2) is 0 Å². The van der Waals surface area contributed by atoms with Crippen LogP contribution in [0.2, 0.25) is 0 Å². The summed E-state index contributed by atoms with van der Waals surface area (Å²) in [7, 11) is 0. The van der Waals surface area contributed by atoms with Gasteiger partial charge in [0.2, 0.25) is 0 Å². The molecule has 1 amide bonds. The fraction of sp³-hybridized carbons (Fsp3) is 0.478. The Morgan fingerprint density at radius 1 is 1.22 bits per heavy atom. The van der Waals surface area contributed by atoms with E-state index in [0.717, 1.165) is 31.4 Å². The van der Waals surface area contributed by atoms with Crippen molar-refractivity contribution in [3.8, 4) is 0 Å². The molecule has 0 spiro atoms. The standard InChI is InChI=1S/C23H27NO3/c1-15-20-18(25)13-23(2,3)14-19(20)27-21(15)22(26)24-11-7-10-17(24)12-16-8-5-4-6-9-16/h4-6,8-9,17H,7,10-14H2,1-3H3/t17-/m1/s1. The molecule has 1 aliphatic carbocycles. The number of likely N-dealkylation sites (tertiary alicyclic amines) is 1. The van der Waals surface area contributed by atoms with Gasteiger partial charge in [0.15, 0.2) is 11.5 Å². The highest BCUT2D eigenvalue weighted by Gasteiger charge is 2.39. The minimum atomic E-state index is -0.113. The molecule has 1 fully saturated rings. The van der Waals surface area contributed by atoms with Crippen LogP contribution < -0.4 is 0 Å². The molecule has 0 radical (unpaired) electrons. The maximum atomic E-state index is 13.3. The zero-order valence-corrected chi connectivity index (χ0v) is 16.4. The summed E-state index contributed by atoms with van der Waals surface area (Å²) < 4.78 is 6.00. The largest absolute Gasteiger partial charge is 0.455 e. The molecule has 0 bridgehead atoms. The number of nitrogens with zero attached hydrogens (tertiary/aromatic N) is 1. The van der Waals surface area contributed by atoms with Crippen molar-refractivity contribution in [2.45, 2.75) is 58.9 Å². The fourth-order valence-electron chi connectivity index (χ4n) is 4.62. The second-order valence-corrected chi connectivity index (χ2v) is 8.78. The first kappa shape index (κ1) is 18.0. The molecular weight excluding hydrogens is 338 g/mol. The SMILES string of the molecule is Cc1c(C(=O)N2CCC[C@@H]2Cc2ccccc2)oc2c1C(=O)CC(C)(C)C2. The number of furan rings is 1. The fourth-order valence-corrected chi connectivity index (χ4v) is 4.62. The molecule has 0 N–H and O–H groups in total. The van der Waals surface area contributed by atoms with Gasteiger partial charge in [0, 0.05) is 31.0 Å². The van der Waals surface area contributed by atoms with E-state index in [4.69, 9.17) is 4.42 Å². The number of benzene rings is 1. The number of amides is 1. The monoisotopic (exact) mass is 365 g/mol. The van der Waals surface area contributed by atoms with E-state index in [9.17, 15) is 9.59 Å². The number of ketones is 1. The van der Waals surface area contributed by atoms with E-state index < -0.39 is 0 Å². The minimum absolute atomic E-state index is 0.0639. The van der Waals surface area contributed by atoms with Crippen LogP contribution in [-0.2, 0) is 12.8 Å². The van der Waals surface area contributed by atoms with Gasteiger partial charge in [0.25, 0.3) is 5.91 Å². The Hall–Kier alpha value is -2.36. The molecule has 1 aliphatic heterocycles. The molecule has 4 nitrogen and oxygen atoms in total. The average Bonchev–Trinajstić information content (AvgIpc) is 3.18. The molecule has 2 heterocycles. The van der Waals surface area contributed by atoms with Crippen LogP contribution in [0.15, 0.2) is 34.7 Å².